The van der Waals surface area contributed by atoms with E-state index in [4.69, 9.17) is 4.74 Å². The Labute approximate surface area is 200 Å². The third-order valence-corrected chi connectivity index (χ3v) is 6.43. The number of para-hydroxylation sites is 2. The van der Waals surface area contributed by atoms with Gasteiger partial charge < -0.3 is 9.64 Å². The third-order valence-electron chi connectivity index (χ3n) is 5.53. The fraction of sp³-hybridized carbons (Fsp3) is 0.261. The van der Waals surface area contributed by atoms with E-state index in [2.05, 4.69) is 15.5 Å². The minimum atomic E-state index is -0.250. The van der Waals surface area contributed by atoms with Crippen molar-refractivity contribution in [3.8, 4) is 17.1 Å². The van der Waals surface area contributed by atoms with E-state index < -0.39 is 0 Å². The van der Waals surface area contributed by atoms with Crippen LogP contribution in [0.15, 0.2) is 64.5 Å². The van der Waals surface area contributed by atoms with E-state index >= 15 is 0 Å². The number of hydrogen-bond donors (Lipinski definition) is 0. The van der Waals surface area contributed by atoms with E-state index in [0.717, 1.165) is 17.0 Å². The zero-order chi connectivity index (χ0) is 24.2. The van der Waals surface area contributed by atoms with Gasteiger partial charge in [0.15, 0.2) is 5.69 Å². The van der Waals surface area contributed by atoms with Crippen LogP contribution in [-0.4, -0.2) is 60.3 Å². The Hall–Kier alpha value is -3.86. The standard InChI is InChI=1S/C23H25N7O3S/c1-16-21(22(32)30(28(16)3)18-11-6-5-7-12-18)29-23(24-25-26-29)34-15-20(31)27(2)14-17-10-8-9-13-19(17)33-4/h5-13H,14-15H2,1-4H3. The SMILES string of the molecule is COc1ccccc1CN(C)C(=O)CSc1nnnn1-c1c(C)n(C)n(-c2ccccc2)c1=O. The number of methoxy groups -OCH3 is 1. The number of carbonyl (C=O) groups is 1. The van der Waals surface area contributed by atoms with E-state index in [9.17, 15) is 9.59 Å². The Bertz CT molecular complexity index is 1360. The fourth-order valence-corrected chi connectivity index (χ4v) is 4.44. The van der Waals surface area contributed by atoms with Crippen molar-refractivity contribution in [1.29, 1.82) is 0 Å². The highest BCUT2D eigenvalue weighted by molar-refractivity contribution is 7.99. The molecule has 0 saturated carbocycles. The van der Waals surface area contributed by atoms with Gasteiger partial charge in [0.2, 0.25) is 11.1 Å². The molecule has 34 heavy (non-hydrogen) atoms. The normalized spacial score (nSPS) is 10.9. The van der Waals surface area contributed by atoms with E-state index in [1.54, 1.807) is 35.5 Å². The number of thioether (sulfide) groups is 1. The zero-order valence-corrected chi connectivity index (χ0v) is 20.2. The molecule has 2 aromatic carbocycles. The molecule has 11 heteroatoms. The molecule has 0 atom stereocenters. The molecule has 0 fully saturated rings. The Morgan fingerprint density at radius 3 is 2.56 bits per heavy atom. The summed E-state index contributed by atoms with van der Waals surface area (Å²) in [6.07, 6.45) is 0. The average Bonchev–Trinajstić information content (AvgIpc) is 3.39. The first-order valence-corrected chi connectivity index (χ1v) is 11.5. The summed E-state index contributed by atoms with van der Waals surface area (Å²) >= 11 is 1.18. The van der Waals surface area contributed by atoms with E-state index in [-0.39, 0.29) is 17.2 Å². The van der Waals surface area contributed by atoms with Gasteiger partial charge in [-0.15, -0.1) is 5.10 Å². The minimum Gasteiger partial charge on any atom is -0.496 e. The first-order valence-electron chi connectivity index (χ1n) is 10.5. The smallest absolute Gasteiger partial charge is 0.297 e. The maximum atomic E-state index is 13.3. The zero-order valence-electron chi connectivity index (χ0n) is 19.4. The number of benzene rings is 2. The van der Waals surface area contributed by atoms with Crippen LogP contribution in [0.1, 0.15) is 11.3 Å². The highest BCUT2D eigenvalue weighted by atomic mass is 32.2. The van der Waals surface area contributed by atoms with Crippen LogP contribution in [0.3, 0.4) is 0 Å². The summed E-state index contributed by atoms with van der Waals surface area (Å²) in [4.78, 5) is 27.7. The van der Waals surface area contributed by atoms with Crippen molar-refractivity contribution < 1.29 is 9.53 Å². The topological polar surface area (TPSA) is 100 Å². The lowest BCUT2D eigenvalue weighted by molar-refractivity contribution is -0.127. The lowest BCUT2D eigenvalue weighted by atomic mass is 10.2. The highest BCUT2D eigenvalue weighted by Crippen LogP contribution is 2.22. The number of tetrazole rings is 1. The molecule has 4 rings (SSSR count). The first-order chi connectivity index (χ1) is 16.4. The summed E-state index contributed by atoms with van der Waals surface area (Å²) < 4.78 is 10.1. The van der Waals surface area contributed by atoms with Gasteiger partial charge in [-0.05, 0) is 35.5 Å². The molecule has 0 aliphatic rings. The van der Waals surface area contributed by atoms with E-state index in [1.807, 2.05) is 61.5 Å². The molecule has 0 unspecified atom stereocenters. The fourth-order valence-electron chi connectivity index (χ4n) is 3.62. The Morgan fingerprint density at radius 2 is 1.82 bits per heavy atom. The molecule has 0 radical (unpaired) electrons. The molecule has 0 bridgehead atoms. The molecule has 4 aromatic rings. The Kier molecular flexibility index (Phi) is 6.82. The van der Waals surface area contributed by atoms with Crippen LogP contribution in [-0.2, 0) is 18.4 Å². The Balaban J connectivity index is 1.53. The van der Waals surface area contributed by atoms with Crippen LogP contribution in [0.25, 0.3) is 11.4 Å². The van der Waals surface area contributed by atoms with Crippen LogP contribution >= 0.6 is 11.8 Å². The van der Waals surface area contributed by atoms with Gasteiger partial charge in [-0.3, -0.25) is 14.3 Å². The molecule has 0 spiro atoms. The van der Waals surface area contributed by atoms with Gasteiger partial charge in [0.25, 0.3) is 5.56 Å². The summed E-state index contributed by atoms with van der Waals surface area (Å²) in [5.41, 5.74) is 2.44. The molecule has 176 valence electrons. The van der Waals surface area contributed by atoms with Gasteiger partial charge in [-0.25, -0.2) is 4.68 Å². The Morgan fingerprint density at radius 1 is 1.12 bits per heavy atom. The van der Waals surface area contributed by atoms with E-state index in [1.165, 1.54) is 16.4 Å². The predicted molar refractivity (Wildman–Crippen MR) is 129 cm³/mol. The molecule has 2 heterocycles. The van der Waals surface area contributed by atoms with Crippen molar-refractivity contribution in [3.63, 3.8) is 0 Å². The number of nitrogens with zero attached hydrogens (tertiary/aromatic N) is 7. The lowest BCUT2D eigenvalue weighted by Gasteiger charge is -2.18. The molecule has 0 aliphatic heterocycles. The van der Waals surface area contributed by atoms with E-state index in [0.29, 0.717) is 23.1 Å². The van der Waals surface area contributed by atoms with Crippen molar-refractivity contribution in [2.24, 2.45) is 7.05 Å². The maximum Gasteiger partial charge on any atom is 0.297 e. The monoisotopic (exact) mass is 479 g/mol. The van der Waals surface area contributed by atoms with Gasteiger partial charge in [-0.1, -0.05) is 48.2 Å². The van der Waals surface area contributed by atoms with Crippen LogP contribution < -0.4 is 10.3 Å². The minimum absolute atomic E-state index is 0.100. The second-order valence-electron chi connectivity index (χ2n) is 7.63. The van der Waals surface area contributed by atoms with Crippen LogP contribution in [0.5, 0.6) is 5.75 Å². The lowest BCUT2D eigenvalue weighted by Crippen LogP contribution is -2.28. The number of amides is 1. The second-order valence-corrected chi connectivity index (χ2v) is 8.58. The molecule has 0 saturated heterocycles. The average molecular weight is 480 g/mol. The number of rotatable bonds is 8. The summed E-state index contributed by atoms with van der Waals surface area (Å²) in [6.45, 7) is 2.24. The van der Waals surface area contributed by atoms with Crippen molar-refractivity contribution in [2.45, 2.75) is 18.6 Å². The van der Waals surface area contributed by atoms with Gasteiger partial charge in [-0.2, -0.15) is 4.68 Å². The summed E-state index contributed by atoms with van der Waals surface area (Å²) in [6, 6.07) is 16.9. The first kappa shape index (κ1) is 23.3. The molecular weight excluding hydrogens is 454 g/mol. The molecule has 0 N–H and O–H groups in total. The van der Waals surface area contributed by atoms with Gasteiger partial charge in [0.1, 0.15) is 5.75 Å². The molecule has 1 amide bonds. The van der Waals surface area contributed by atoms with Gasteiger partial charge in [0, 0.05) is 26.2 Å². The van der Waals surface area contributed by atoms with Crippen LogP contribution in [0.4, 0.5) is 0 Å². The van der Waals surface area contributed by atoms with Crippen molar-refractivity contribution >= 4 is 17.7 Å². The highest BCUT2D eigenvalue weighted by Gasteiger charge is 2.23. The number of ether oxygens (including phenoxy) is 1. The van der Waals surface area contributed by atoms with Crippen molar-refractivity contribution in [3.05, 3.63) is 76.2 Å². The predicted octanol–water partition coefficient (Wildman–Crippen LogP) is 2.22. The number of carbonyl (C=O) groups excluding carboxylic acids is 1. The van der Waals surface area contributed by atoms with Crippen LogP contribution in [0, 0.1) is 6.92 Å². The quantitative estimate of drug-likeness (QED) is 0.357. The molecule has 2 aromatic heterocycles. The number of aromatic nitrogens is 6. The largest absolute Gasteiger partial charge is 0.496 e. The summed E-state index contributed by atoms with van der Waals surface area (Å²) in [7, 11) is 5.15. The van der Waals surface area contributed by atoms with Gasteiger partial charge in [0.05, 0.1) is 24.2 Å². The summed E-state index contributed by atoms with van der Waals surface area (Å²) in [5, 5.41) is 12.2. The molecule has 0 aliphatic carbocycles. The van der Waals surface area contributed by atoms with Gasteiger partial charge >= 0.3 is 0 Å². The summed E-state index contributed by atoms with van der Waals surface area (Å²) in [5.74, 6) is 0.745. The van der Waals surface area contributed by atoms with Crippen LogP contribution in [0.2, 0.25) is 0 Å². The van der Waals surface area contributed by atoms with Crippen molar-refractivity contribution in [1.82, 2.24) is 34.5 Å². The molecular formula is C23H25N7O3S. The number of hydrogen-bond acceptors (Lipinski definition) is 7. The third kappa shape index (κ3) is 4.46. The molecule has 10 nitrogen and oxygen atoms in total. The second kappa shape index (κ2) is 9.96. The maximum absolute atomic E-state index is 13.3. The van der Waals surface area contributed by atoms with Crippen molar-refractivity contribution in [2.75, 3.05) is 19.9 Å².